The van der Waals surface area contributed by atoms with Crippen LogP contribution in [0.15, 0.2) is 12.1 Å². The fourth-order valence-corrected chi connectivity index (χ4v) is 3.18. The highest BCUT2D eigenvalue weighted by atomic mass is 15.1. The Morgan fingerprint density at radius 2 is 1.84 bits per heavy atom. The Balaban J connectivity index is 2.30. The number of nitrogens with zero attached hydrogens (tertiary/aromatic N) is 1. The van der Waals surface area contributed by atoms with Gasteiger partial charge in [-0.2, -0.15) is 0 Å². The summed E-state index contributed by atoms with van der Waals surface area (Å²) in [5, 5.41) is 0. The van der Waals surface area contributed by atoms with Crippen molar-refractivity contribution in [3.8, 4) is 0 Å². The molecule has 1 unspecified atom stereocenters. The minimum absolute atomic E-state index is 0.646. The van der Waals surface area contributed by atoms with Crippen molar-refractivity contribution in [1.29, 1.82) is 0 Å². The molecule has 19 heavy (non-hydrogen) atoms. The number of hydrogen-bond donors (Lipinski definition) is 0. The maximum Gasteiger partial charge on any atom is 0.0239 e. The van der Waals surface area contributed by atoms with Crippen LogP contribution in [0.4, 0.5) is 0 Å². The number of benzene rings is 1. The van der Waals surface area contributed by atoms with Gasteiger partial charge in [0.25, 0.3) is 0 Å². The van der Waals surface area contributed by atoms with Crippen LogP contribution in [-0.4, -0.2) is 17.5 Å². The van der Waals surface area contributed by atoms with E-state index in [1.807, 2.05) is 0 Å². The molecule has 1 aromatic rings. The zero-order chi connectivity index (χ0) is 14.0. The first-order chi connectivity index (χ1) is 9.06. The van der Waals surface area contributed by atoms with Crippen LogP contribution >= 0.6 is 0 Å². The number of rotatable bonds is 4. The molecular weight excluding hydrogens is 230 g/mol. The molecule has 1 atom stereocenters. The molecule has 0 fully saturated rings. The van der Waals surface area contributed by atoms with Crippen LogP contribution in [0.2, 0.25) is 0 Å². The standard InChI is InChI=1S/C18H29N/c1-6-14(5)19-9-8-16-11-18(13(3)4)15(7-2)10-17(16)12-19/h10-11,13-14H,6-9,12H2,1-5H3. The lowest BCUT2D eigenvalue weighted by atomic mass is 9.88. The second-order valence-corrected chi connectivity index (χ2v) is 6.31. The normalized spacial score (nSPS) is 17.6. The smallest absolute Gasteiger partial charge is 0.0239 e. The monoisotopic (exact) mass is 259 g/mol. The second kappa shape index (κ2) is 6.09. The van der Waals surface area contributed by atoms with E-state index in [4.69, 9.17) is 0 Å². The van der Waals surface area contributed by atoms with E-state index in [1.54, 1.807) is 22.3 Å². The van der Waals surface area contributed by atoms with E-state index in [-0.39, 0.29) is 0 Å². The third kappa shape index (κ3) is 3.02. The zero-order valence-corrected chi connectivity index (χ0v) is 13.3. The van der Waals surface area contributed by atoms with Gasteiger partial charge in [-0.05, 0) is 54.4 Å². The van der Waals surface area contributed by atoms with Gasteiger partial charge < -0.3 is 0 Å². The van der Waals surface area contributed by atoms with Gasteiger partial charge in [0, 0.05) is 19.1 Å². The second-order valence-electron chi connectivity index (χ2n) is 6.31. The largest absolute Gasteiger partial charge is 0.296 e. The predicted molar refractivity (Wildman–Crippen MR) is 83.8 cm³/mol. The van der Waals surface area contributed by atoms with Crippen LogP contribution in [-0.2, 0) is 19.4 Å². The molecule has 2 rings (SSSR count). The first-order valence-corrected chi connectivity index (χ1v) is 7.95. The van der Waals surface area contributed by atoms with Gasteiger partial charge in [0.05, 0.1) is 0 Å². The first kappa shape index (κ1) is 14.6. The minimum Gasteiger partial charge on any atom is -0.296 e. The fraction of sp³-hybridized carbons (Fsp3) is 0.667. The van der Waals surface area contributed by atoms with E-state index in [0.717, 1.165) is 13.0 Å². The van der Waals surface area contributed by atoms with Crippen LogP contribution < -0.4 is 0 Å². The predicted octanol–water partition coefficient (Wildman–Crippen LogP) is 4.53. The maximum atomic E-state index is 2.64. The molecule has 1 heterocycles. The van der Waals surface area contributed by atoms with E-state index in [9.17, 15) is 0 Å². The van der Waals surface area contributed by atoms with Crippen molar-refractivity contribution >= 4 is 0 Å². The number of fused-ring (bicyclic) bond motifs is 1. The Morgan fingerprint density at radius 3 is 2.42 bits per heavy atom. The number of aryl methyl sites for hydroxylation is 1. The molecule has 0 bridgehead atoms. The van der Waals surface area contributed by atoms with Crippen molar-refractivity contribution in [2.45, 2.75) is 72.4 Å². The SMILES string of the molecule is CCc1cc2c(cc1C(C)C)CCN(C(C)CC)C2. The Morgan fingerprint density at radius 1 is 1.11 bits per heavy atom. The summed E-state index contributed by atoms with van der Waals surface area (Å²) in [7, 11) is 0. The summed E-state index contributed by atoms with van der Waals surface area (Å²) in [5.41, 5.74) is 6.30. The summed E-state index contributed by atoms with van der Waals surface area (Å²) >= 11 is 0. The molecule has 0 saturated heterocycles. The molecule has 1 heteroatoms. The van der Waals surface area contributed by atoms with Gasteiger partial charge in [-0.1, -0.05) is 39.8 Å². The molecule has 1 aliphatic heterocycles. The van der Waals surface area contributed by atoms with Crippen molar-refractivity contribution in [2.24, 2.45) is 0 Å². The highest BCUT2D eigenvalue weighted by Crippen LogP contribution is 2.29. The molecule has 0 aromatic heterocycles. The molecule has 0 N–H and O–H groups in total. The molecule has 1 aromatic carbocycles. The third-order valence-electron chi connectivity index (χ3n) is 4.72. The van der Waals surface area contributed by atoms with E-state index in [2.05, 4.69) is 51.7 Å². The topological polar surface area (TPSA) is 3.24 Å². The Labute approximate surface area is 119 Å². The number of hydrogen-bond acceptors (Lipinski definition) is 1. The highest BCUT2D eigenvalue weighted by Gasteiger charge is 2.21. The zero-order valence-electron chi connectivity index (χ0n) is 13.3. The molecule has 0 amide bonds. The lowest BCUT2D eigenvalue weighted by Gasteiger charge is -2.34. The van der Waals surface area contributed by atoms with Crippen molar-refractivity contribution in [1.82, 2.24) is 4.90 Å². The van der Waals surface area contributed by atoms with E-state index in [1.165, 1.54) is 19.4 Å². The summed E-state index contributed by atoms with van der Waals surface area (Å²) in [6.07, 6.45) is 3.63. The van der Waals surface area contributed by atoms with Crippen molar-refractivity contribution < 1.29 is 0 Å². The van der Waals surface area contributed by atoms with Gasteiger partial charge in [0.1, 0.15) is 0 Å². The molecule has 0 spiro atoms. The first-order valence-electron chi connectivity index (χ1n) is 7.95. The average molecular weight is 259 g/mol. The summed E-state index contributed by atoms with van der Waals surface area (Å²) in [4.78, 5) is 2.64. The quantitative estimate of drug-likeness (QED) is 0.768. The van der Waals surface area contributed by atoms with Crippen LogP contribution in [0.3, 0.4) is 0 Å². The summed E-state index contributed by atoms with van der Waals surface area (Å²) < 4.78 is 0. The molecule has 106 valence electrons. The molecule has 1 aliphatic rings. The lowest BCUT2D eigenvalue weighted by molar-refractivity contribution is 0.186. The van der Waals surface area contributed by atoms with Gasteiger partial charge in [-0.3, -0.25) is 4.90 Å². The summed E-state index contributed by atoms with van der Waals surface area (Å²) in [5.74, 6) is 0.646. The van der Waals surface area contributed by atoms with Crippen molar-refractivity contribution in [3.63, 3.8) is 0 Å². The van der Waals surface area contributed by atoms with E-state index >= 15 is 0 Å². The summed E-state index contributed by atoms with van der Waals surface area (Å²) in [6, 6.07) is 5.69. The van der Waals surface area contributed by atoms with Crippen molar-refractivity contribution in [3.05, 3.63) is 34.4 Å². The van der Waals surface area contributed by atoms with Crippen LogP contribution in [0.1, 0.15) is 69.2 Å². The maximum absolute atomic E-state index is 2.64. The molecule has 0 saturated carbocycles. The molecular formula is C18H29N. The third-order valence-corrected chi connectivity index (χ3v) is 4.72. The van der Waals surface area contributed by atoms with Gasteiger partial charge >= 0.3 is 0 Å². The average Bonchev–Trinajstić information content (AvgIpc) is 2.44. The van der Waals surface area contributed by atoms with Crippen LogP contribution in [0.25, 0.3) is 0 Å². The van der Waals surface area contributed by atoms with Gasteiger partial charge in [0.2, 0.25) is 0 Å². The lowest BCUT2D eigenvalue weighted by Crippen LogP contribution is -2.37. The van der Waals surface area contributed by atoms with E-state index in [0.29, 0.717) is 12.0 Å². The highest BCUT2D eigenvalue weighted by molar-refractivity contribution is 5.41. The van der Waals surface area contributed by atoms with Gasteiger partial charge in [-0.25, -0.2) is 0 Å². The Hall–Kier alpha value is -0.820. The van der Waals surface area contributed by atoms with Gasteiger partial charge in [0.15, 0.2) is 0 Å². The van der Waals surface area contributed by atoms with E-state index < -0.39 is 0 Å². The molecule has 0 radical (unpaired) electrons. The Kier molecular flexibility index (Phi) is 4.67. The fourth-order valence-electron chi connectivity index (χ4n) is 3.18. The van der Waals surface area contributed by atoms with Crippen LogP contribution in [0, 0.1) is 0 Å². The summed E-state index contributed by atoms with van der Waals surface area (Å²) in [6.45, 7) is 13.9. The van der Waals surface area contributed by atoms with Crippen molar-refractivity contribution in [2.75, 3.05) is 6.54 Å². The molecule has 0 aliphatic carbocycles. The van der Waals surface area contributed by atoms with Gasteiger partial charge in [-0.15, -0.1) is 0 Å². The van der Waals surface area contributed by atoms with Crippen LogP contribution in [0.5, 0.6) is 0 Å². The minimum atomic E-state index is 0.646. The Bertz CT molecular complexity index is 434. The molecule has 1 nitrogen and oxygen atoms in total.